The molecule has 0 bridgehead atoms. The molecule has 0 saturated carbocycles. The number of rotatable bonds is 3. The zero-order valence-electron chi connectivity index (χ0n) is 10.0. The largest absolute Gasteiger partial charge is 0.489 e. The first-order valence-electron chi connectivity index (χ1n) is 5.65. The van der Waals surface area contributed by atoms with Gasteiger partial charge in [-0.2, -0.15) is 0 Å². The first-order valence-corrected chi connectivity index (χ1v) is 6.03. The summed E-state index contributed by atoms with van der Waals surface area (Å²) in [7, 11) is 0. The van der Waals surface area contributed by atoms with Crippen molar-refractivity contribution in [3.05, 3.63) is 28.5 Å². The van der Waals surface area contributed by atoms with Gasteiger partial charge in [0.05, 0.1) is 30.9 Å². The topological polar surface area (TPSA) is 30.5 Å². The maximum atomic E-state index is 13.8. The van der Waals surface area contributed by atoms with Gasteiger partial charge in [-0.15, -0.1) is 12.4 Å². The van der Waals surface area contributed by atoms with Crippen molar-refractivity contribution in [2.24, 2.45) is 0 Å². The van der Waals surface area contributed by atoms with E-state index in [4.69, 9.17) is 21.1 Å². The summed E-state index contributed by atoms with van der Waals surface area (Å²) in [5.74, 6) is -0.309. The summed E-state index contributed by atoms with van der Waals surface area (Å²) in [5.41, 5.74) is 0.788. The molecule has 1 aromatic rings. The molecule has 3 nitrogen and oxygen atoms in total. The van der Waals surface area contributed by atoms with Crippen LogP contribution in [0, 0.1) is 5.82 Å². The number of nitrogens with one attached hydrogen (secondary N) is 1. The van der Waals surface area contributed by atoms with Gasteiger partial charge in [0, 0.05) is 6.54 Å². The molecule has 1 fully saturated rings. The molecule has 1 aliphatic heterocycles. The Bertz CT molecular complexity index is 375. The smallest absolute Gasteiger partial charge is 0.173 e. The van der Waals surface area contributed by atoms with Crippen molar-refractivity contribution in [3.8, 4) is 5.75 Å². The summed E-state index contributed by atoms with van der Waals surface area (Å²) >= 11 is 6.00. The quantitative estimate of drug-likeness (QED) is 0.930. The van der Waals surface area contributed by atoms with Gasteiger partial charge < -0.3 is 14.8 Å². The standard InChI is InChI=1S/C12H15ClFNO2.ClH/c1-2-17-12-9(13)5-8(6-10(12)14)11-7-16-4-3-15-11;/h5-6,11,15H,2-4,7H2,1H3;1H/t11-;/m0./s1. The van der Waals surface area contributed by atoms with Gasteiger partial charge in [0.1, 0.15) is 0 Å². The lowest BCUT2D eigenvalue weighted by Crippen LogP contribution is -2.34. The monoisotopic (exact) mass is 295 g/mol. The van der Waals surface area contributed by atoms with E-state index >= 15 is 0 Å². The lowest BCUT2D eigenvalue weighted by atomic mass is 10.1. The summed E-state index contributed by atoms with van der Waals surface area (Å²) in [4.78, 5) is 0. The molecule has 2 rings (SSSR count). The van der Waals surface area contributed by atoms with E-state index in [-0.39, 0.29) is 24.2 Å². The van der Waals surface area contributed by atoms with Crippen LogP contribution in [0.5, 0.6) is 5.75 Å². The Morgan fingerprint density at radius 3 is 2.89 bits per heavy atom. The average molecular weight is 296 g/mol. The minimum Gasteiger partial charge on any atom is -0.489 e. The van der Waals surface area contributed by atoms with E-state index in [1.165, 1.54) is 6.07 Å². The van der Waals surface area contributed by atoms with E-state index in [9.17, 15) is 4.39 Å². The van der Waals surface area contributed by atoms with E-state index in [0.717, 1.165) is 12.1 Å². The van der Waals surface area contributed by atoms with Crippen molar-refractivity contribution in [2.75, 3.05) is 26.4 Å². The second-order valence-corrected chi connectivity index (χ2v) is 4.24. The molecule has 1 aromatic carbocycles. The van der Waals surface area contributed by atoms with Gasteiger partial charge >= 0.3 is 0 Å². The van der Waals surface area contributed by atoms with Gasteiger partial charge in [0.25, 0.3) is 0 Å². The summed E-state index contributed by atoms with van der Waals surface area (Å²) in [6.07, 6.45) is 0. The molecule has 1 saturated heterocycles. The fourth-order valence-electron chi connectivity index (χ4n) is 1.84. The molecular formula is C12H16Cl2FNO2. The summed E-state index contributed by atoms with van der Waals surface area (Å²) in [5, 5.41) is 3.55. The highest BCUT2D eigenvalue weighted by molar-refractivity contribution is 6.32. The van der Waals surface area contributed by atoms with Crippen molar-refractivity contribution in [2.45, 2.75) is 13.0 Å². The molecule has 0 aliphatic carbocycles. The molecule has 1 atom stereocenters. The minimum atomic E-state index is -0.429. The third-order valence-corrected chi connectivity index (χ3v) is 2.91. The van der Waals surface area contributed by atoms with Crippen LogP contribution in [0.25, 0.3) is 0 Å². The number of hydrogen-bond donors (Lipinski definition) is 1. The van der Waals surface area contributed by atoms with Crippen molar-refractivity contribution in [1.29, 1.82) is 0 Å². The second-order valence-electron chi connectivity index (χ2n) is 3.83. The average Bonchev–Trinajstić information content (AvgIpc) is 2.35. The maximum Gasteiger partial charge on any atom is 0.173 e. The third-order valence-electron chi connectivity index (χ3n) is 2.63. The van der Waals surface area contributed by atoms with Crippen LogP contribution in [-0.2, 0) is 4.74 Å². The lowest BCUT2D eigenvalue weighted by Gasteiger charge is -2.24. The number of halogens is 3. The van der Waals surface area contributed by atoms with Gasteiger partial charge in [-0.1, -0.05) is 11.6 Å². The second kappa shape index (κ2) is 7.14. The van der Waals surface area contributed by atoms with Gasteiger partial charge in [0.2, 0.25) is 0 Å². The molecule has 6 heteroatoms. The fourth-order valence-corrected chi connectivity index (χ4v) is 2.11. The molecule has 0 spiro atoms. The Morgan fingerprint density at radius 1 is 1.56 bits per heavy atom. The molecule has 0 aromatic heterocycles. The van der Waals surface area contributed by atoms with Gasteiger partial charge in [-0.25, -0.2) is 4.39 Å². The summed E-state index contributed by atoms with van der Waals surface area (Å²) in [6.45, 7) is 4.16. The van der Waals surface area contributed by atoms with Crippen LogP contribution in [0.1, 0.15) is 18.5 Å². The van der Waals surface area contributed by atoms with Crippen LogP contribution >= 0.6 is 24.0 Å². The molecule has 0 unspecified atom stereocenters. The van der Waals surface area contributed by atoms with Crippen LogP contribution in [0.15, 0.2) is 12.1 Å². The lowest BCUT2D eigenvalue weighted by molar-refractivity contribution is 0.0767. The SMILES string of the molecule is CCOc1c(F)cc([C@@H]2COCCN2)cc1Cl.Cl. The Hall–Kier alpha value is -0.550. The van der Waals surface area contributed by atoms with Crippen molar-refractivity contribution in [1.82, 2.24) is 5.32 Å². The first-order chi connectivity index (χ1) is 8.22. The van der Waals surface area contributed by atoms with E-state index in [0.29, 0.717) is 24.8 Å². The molecule has 18 heavy (non-hydrogen) atoms. The number of hydrogen-bond acceptors (Lipinski definition) is 3. The molecule has 1 N–H and O–H groups in total. The highest BCUT2D eigenvalue weighted by atomic mass is 35.5. The third kappa shape index (κ3) is 3.48. The highest BCUT2D eigenvalue weighted by Gasteiger charge is 2.19. The zero-order valence-corrected chi connectivity index (χ0v) is 11.6. The predicted octanol–water partition coefficient (Wildman–Crippen LogP) is 2.96. The number of ether oxygens (including phenoxy) is 2. The molecule has 0 radical (unpaired) electrons. The fraction of sp³-hybridized carbons (Fsp3) is 0.500. The van der Waals surface area contributed by atoms with Crippen molar-refractivity contribution in [3.63, 3.8) is 0 Å². The Kier molecular flexibility index (Phi) is 6.15. The molecule has 1 aliphatic rings. The Morgan fingerprint density at radius 2 is 2.33 bits per heavy atom. The Balaban J connectivity index is 0.00000162. The van der Waals surface area contributed by atoms with Crippen LogP contribution < -0.4 is 10.1 Å². The van der Waals surface area contributed by atoms with Crippen molar-refractivity contribution >= 4 is 24.0 Å². The number of benzene rings is 1. The van der Waals surface area contributed by atoms with Crippen LogP contribution in [0.4, 0.5) is 4.39 Å². The summed E-state index contributed by atoms with van der Waals surface area (Å²) < 4.78 is 24.3. The molecule has 1 heterocycles. The number of morpholine rings is 1. The summed E-state index contributed by atoms with van der Waals surface area (Å²) in [6, 6.07) is 3.16. The zero-order chi connectivity index (χ0) is 12.3. The minimum absolute atomic E-state index is 0. The maximum absolute atomic E-state index is 13.8. The molecule has 102 valence electrons. The Labute approximate surface area is 117 Å². The van der Waals surface area contributed by atoms with Crippen LogP contribution in [0.3, 0.4) is 0 Å². The normalized spacial score (nSPS) is 19.2. The van der Waals surface area contributed by atoms with E-state index in [1.807, 2.05) is 0 Å². The van der Waals surface area contributed by atoms with E-state index in [1.54, 1.807) is 13.0 Å². The predicted molar refractivity (Wildman–Crippen MR) is 71.4 cm³/mol. The highest BCUT2D eigenvalue weighted by Crippen LogP contribution is 2.31. The van der Waals surface area contributed by atoms with Gasteiger partial charge in [0.15, 0.2) is 11.6 Å². The van der Waals surface area contributed by atoms with Crippen LogP contribution in [0.2, 0.25) is 5.02 Å². The van der Waals surface area contributed by atoms with E-state index in [2.05, 4.69) is 5.32 Å². The van der Waals surface area contributed by atoms with Gasteiger partial charge in [-0.05, 0) is 24.6 Å². The molecule has 0 amide bonds. The molecular weight excluding hydrogens is 280 g/mol. The van der Waals surface area contributed by atoms with Crippen molar-refractivity contribution < 1.29 is 13.9 Å². The van der Waals surface area contributed by atoms with Gasteiger partial charge in [-0.3, -0.25) is 0 Å². The van der Waals surface area contributed by atoms with Crippen LogP contribution in [-0.4, -0.2) is 26.4 Å². The van der Waals surface area contributed by atoms with E-state index < -0.39 is 5.82 Å². The first kappa shape index (κ1) is 15.5.